The number of para-hydroxylation sites is 1. The van der Waals surface area contributed by atoms with Crippen LogP contribution in [0.4, 0.5) is 5.69 Å². The van der Waals surface area contributed by atoms with Crippen molar-refractivity contribution in [1.29, 1.82) is 0 Å². The van der Waals surface area contributed by atoms with Gasteiger partial charge in [-0.2, -0.15) is 0 Å². The molecule has 1 heterocycles. The lowest BCUT2D eigenvalue weighted by molar-refractivity contribution is -0.132. The van der Waals surface area contributed by atoms with Gasteiger partial charge in [-0.15, -0.1) is 0 Å². The molecule has 0 bridgehead atoms. The average molecular weight is 468 g/mol. The van der Waals surface area contributed by atoms with Crippen molar-refractivity contribution in [2.24, 2.45) is 0 Å². The van der Waals surface area contributed by atoms with Gasteiger partial charge >= 0.3 is 0 Å². The predicted molar refractivity (Wildman–Crippen MR) is 137 cm³/mol. The molecule has 0 aromatic heterocycles. The van der Waals surface area contributed by atoms with E-state index in [4.69, 9.17) is 4.74 Å². The van der Waals surface area contributed by atoms with E-state index < -0.39 is 17.7 Å². The van der Waals surface area contributed by atoms with Crippen LogP contribution in [0.25, 0.3) is 5.76 Å². The van der Waals surface area contributed by atoms with Crippen molar-refractivity contribution in [2.45, 2.75) is 45.1 Å². The molecule has 5 heteroatoms. The molecule has 178 valence electrons. The molecule has 0 saturated carbocycles. The molecule has 1 unspecified atom stereocenters. The van der Waals surface area contributed by atoms with Crippen LogP contribution in [-0.4, -0.2) is 23.9 Å². The molecule has 1 aliphatic heterocycles. The predicted octanol–water partition coefficient (Wildman–Crippen LogP) is 5.76. The summed E-state index contributed by atoms with van der Waals surface area (Å²) in [5, 5.41) is 11.5. The smallest absolute Gasteiger partial charge is 0.300 e. The van der Waals surface area contributed by atoms with Gasteiger partial charge < -0.3 is 9.84 Å². The number of ketones is 1. The highest BCUT2D eigenvalue weighted by Gasteiger charge is 2.47. The quantitative estimate of drug-likeness (QED) is 0.294. The lowest BCUT2D eigenvalue weighted by Crippen LogP contribution is -2.29. The number of aliphatic hydroxyl groups excluding tert-OH is 1. The molecular formula is C30H29NO4. The largest absolute Gasteiger partial charge is 0.507 e. The number of carbonyl (C=O) groups is 2. The van der Waals surface area contributed by atoms with Crippen LogP contribution in [0.2, 0.25) is 0 Å². The Kier molecular flexibility index (Phi) is 6.16. The van der Waals surface area contributed by atoms with Gasteiger partial charge in [0, 0.05) is 16.8 Å². The van der Waals surface area contributed by atoms with Crippen molar-refractivity contribution in [3.63, 3.8) is 0 Å². The number of aliphatic hydroxyl groups is 1. The van der Waals surface area contributed by atoms with Crippen LogP contribution in [0.5, 0.6) is 5.75 Å². The number of methoxy groups -OCH3 is 1. The van der Waals surface area contributed by atoms with Gasteiger partial charge in [-0.25, -0.2) is 0 Å². The zero-order chi connectivity index (χ0) is 24.5. The van der Waals surface area contributed by atoms with Crippen molar-refractivity contribution in [3.8, 4) is 5.75 Å². The van der Waals surface area contributed by atoms with E-state index in [1.807, 2.05) is 60.7 Å². The van der Waals surface area contributed by atoms with Crippen molar-refractivity contribution in [2.75, 3.05) is 12.0 Å². The number of fused-ring (bicyclic) bond motifs is 1. The number of hydrogen-bond donors (Lipinski definition) is 1. The number of nitrogens with zero attached hydrogens (tertiary/aromatic N) is 1. The van der Waals surface area contributed by atoms with Crippen molar-refractivity contribution in [3.05, 3.63) is 100 Å². The minimum atomic E-state index is -0.811. The molecule has 1 N–H and O–H groups in total. The number of anilines is 1. The Morgan fingerprint density at radius 3 is 2.40 bits per heavy atom. The summed E-state index contributed by atoms with van der Waals surface area (Å²) in [5.41, 5.74) is 5.50. The molecule has 2 aliphatic rings. The van der Waals surface area contributed by atoms with E-state index in [1.54, 1.807) is 13.2 Å². The van der Waals surface area contributed by atoms with E-state index in [1.165, 1.54) is 16.0 Å². The summed E-state index contributed by atoms with van der Waals surface area (Å²) >= 11 is 0. The van der Waals surface area contributed by atoms with Crippen molar-refractivity contribution in [1.82, 2.24) is 0 Å². The van der Waals surface area contributed by atoms with E-state index in [0.29, 0.717) is 22.6 Å². The summed E-state index contributed by atoms with van der Waals surface area (Å²) < 4.78 is 5.60. The first-order valence-electron chi connectivity index (χ1n) is 12.2. The van der Waals surface area contributed by atoms with E-state index >= 15 is 0 Å². The van der Waals surface area contributed by atoms with E-state index in [9.17, 15) is 14.7 Å². The van der Waals surface area contributed by atoms with Gasteiger partial charge in [-0.3, -0.25) is 14.5 Å². The molecule has 3 aromatic rings. The number of benzene rings is 3. The minimum absolute atomic E-state index is 0.0785. The Balaban J connectivity index is 1.70. The third-order valence-corrected chi connectivity index (χ3v) is 7.12. The number of ether oxygens (including phenoxy) is 1. The van der Waals surface area contributed by atoms with E-state index in [2.05, 4.69) is 6.92 Å². The summed E-state index contributed by atoms with van der Waals surface area (Å²) in [7, 11) is 1.56. The van der Waals surface area contributed by atoms with Crippen LogP contribution in [0.1, 0.15) is 53.6 Å². The first-order valence-corrected chi connectivity index (χ1v) is 12.2. The van der Waals surface area contributed by atoms with Crippen LogP contribution in [0.3, 0.4) is 0 Å². The maximum atomic E-state index is 13.4. The molecule has 35 heavy (non-hydrogen) atoms. The summed E-state index contributed by atoms with van der Waals surface area (Å²) in [6.45, 7) is 2.06. The Labute approximate surface area is 205 Å². The fraction of sp³-hybridized carbons (Fsp3) is 0.267. The monoisotopic (exact) mass is 467 g/mol. The zero-order valence-corrected chi connectivity index (χ0v) is 20.1. The maximum Gasteiger partial charge on any atom is 0.300 e. The number of amides is 1. The third-order valence-electron chi connectivity index (χ3n) is 7.12. The first-order chi connectivity index (χ1) is 17.0. The van der Waals surface area contributed by atoms with Gasteiger partial charge in [-0.05, 0) is 73.1 Å². The second-order valence-corrected chi connectivity index (χ2v) is 9.12. The van der Waals surface area contributed by atoms with Gasteiger partial charge in [0.1, 0.15) is 11.5 Å². The Hall–Kier alpha value is -3.86. The lowest BCUT2D eigenvalue weighted by atomic mass is 9.88. The van der Waals surface area contributed by atoms with Crippen LogP contribution in [0, 0.1) is 0 Å². The van der Waals surface area contributed by atoms with Gasteiger partial charge in [0.2, 0.25) is 0 Å². The number of carbonyl (C=O) groups excluding carboxylic acids is 2. The highest BCUT2D eigenvalue weighted by Crippen LogP contribution is 2.45. The zero-order valence-electron chi connectivity index (χ0n) is 20.1. The molecule has 1 saturated heterocycles. The fourth-order valence-electron chi connectivity index (χ4n) is 5.21. The summed E-state index contributed by atoms with van der Waals surface area (Å²) in [6, 6.07) is 20.0. The SMILES string of the molecule is CCc1ccc(N2C(=O)C(=O)/C(=C(/O)c3ccc4c(c3)CCCC4)C2c2ccccc2OC)cc1. The van der Waals surface area contributed by atoms with Crippen LogP contribution < -0.4 is 9.64 Å². The van der Waals surface area contributed by atoms with Gasteiger partial charge in [-0.1, -0.05) is 49.4 Å². The average Bonchev–Trinajstić information content (AvgIpc) is 3.17. The number of hydrogen-bond acceptors (Lipinski definition) is 4. The number of rotatable bonds is 5. The molecule has 1 amide bonds. The highest BCUT2D eigenvalue weighted by atomic mass is 16.5. The number of aryl methyl sites for hydroxylation is 3. The molecule has 5 nitrogen and oxygen atoms in total. The summed E-state index contributed by atoms with van der Waals surface area (Å²) in [4.78, 5) is 28.3. The molecule has 1 fully saturated rings. The van der Waals surface area contributed by atoms with Crippen LogP contribution in [0.15, 0.2) is 72.3 Å². The minimum Gasteiger partial charge on any atom is -0.507 e. The fourth-order valence-corrected chi connectivity index (χ4v) is 5.21. The Bertz CT molecular complexity index is 1320. The summed E-state index contributed by atoms with van der Waals surface area (Å²) in [5.74, 6) is -0.966. The van der Waals surface area contributed by atoms with Crippen LogP contribution >= 0.6 is 0 Å². The van der Waals surface area contributed by atoms with Gasteiger partial charge in [0.25, 0.3) is 11.7 Å². The highest BCUT2D eigenvalue weighted by molar-refractivity contribution is 6.51. The third kappa shape index (κ3) is 4.01. The molecule has 1 aliphatic carbocycles. The Morgan fingerprint density at radius 1 is 0.971 bits per heavy atom. The number of Topliss-reactive ketones (excluding diaryl/α,β-unsaturated/α-hetero) is 1. The maximum absolute atomic E-state index is 13.4. The second kappa shape index (κ2) is 9.41. The van der Waals surface area contributed by atoms with Crippen LogP contribution in [-0.2, 0) is 28.9 Å². The molecule has 0 radical (unpaired) electrons. The van der Waals surface area contributed by atoms with Crippen molar-refractivity contribution >= 4 is 23.1 Å². The lowest BCUT2D eigenvalue weighted by Gasteiger charge is -2.27. The topological polar surface area (TPSA) is 66.8 Å². The van der Waals surface area contributed by atoms with E-state index in [-0.39, 0.29) is 11.3 Å². The first kappa shape index (κ1) is 22.9. The molecular weight excluding hydrogens is 438 g/mol. The molecule has 5 rings (SSSR count). The Morgan fingerprint density at radius 2 is 1.69 bits per heavy atom. The van der Waals surface area contributed by atoms with Crippen molar-refractivity contribution < 1.29 is 19.4 Å². The standard InChI is InChI=1S/C30H29NO4/c1-3-19-12-16-23(17-13-19)31-27(24-10-6-7-11-25(24)35-2)26(29(33)30(31)34)28(32)22-15-14-20-8-4-5-9-21(20)18-22/h6-7,10-18,27,32H,3-5,8-9H2,1-2H3/b28-26+. The summed E-state index contributed by atoms with van der Waals surface area (Å²) in [6.07, 6.45) is 5.11. The second-order valence-electron chi connectivity index (χ2n) is 9.12. The normalized spacial score (nSPS) is 19.0. The molecule has 1 atom stereocenters. The van der Waals surface area contributed by atoms with Gasteiger partial charge in [0.05, 0.1) is 18.7 Å². The van der Waals surface area contributed by atoms with Gasteiger partial charge in [0.15, 0.2) is 0 Å². The van der Waals surface area contributed by atoms with E-state index in [0.717, 1.165) is 37.7 Å². The molecule has 0 spiro atoms. The molecule has 3 aromatic carbocycles.